The van der Waals surface area contributed by atoms with Gasteiger partial charge in [0, 0.05) is 0 Å². The molecule has 128 valence electrons. The van der Waals surface area contributed by atoms with Crippen molar-refractivity contribution in [2.24, 2.45) is 0 Å². The van der Waals surface area contributed by atoms with Gasteiger partial charge < -0.3 is 5.32 Å². The van der Waals surface area contributed by atoms with Crippen LogP contribution in [0.15, 0.2) is 53.4 Å². The van der Waals surface area contributed by atoms with E-state index in [1.807, 2.05) is 31.2 Å². The van der Waals surface area contributed by atoms with Gasteiger partial charge in [-0.3, -0.25) is 4.79 Å². The van der Waals surface area contributed by atoms with E-state index in [4.69, 9.17) is 0 Å². The summed E-state index contributed by atoms with van der Waals surface area (Å²) in [7, 11) is -3.95. The summed E-state index contributed by atoms with van der Waals surface area (Å²) < 4.78 is 38.2. The van der Waals surface area contributed by atoms with Gasteiger partial charge in [0.05, 0.1) is 10.9 Å². The van der Waals surface area contributed by atoms with Gasteiger partial charge >= 0.3 is 0 Å². The molecule has 4 nitrogen and oxygen atoms in total. The first-order valence-electron chi connectivity index (χ1n) is 7.59. The summed E-state index contributed by atoms with van der Waals surface area (Å²) in [5, 5.41) is 1.40. The maximum Gasteiger partial charge on any atom is 0.238 e. The van der Waals surface area contributed by atoms with Crippen LogP contribution in [0.25, 0.3) is 0 Å². The molecule has 0 aliphatic heterocycles. The standard InChI is InChI=1S/C18H20FNO3S/c1-12-7-4-5-10-17(12)13(2)20-18(21)14(3)24(22,23)16-9-6-8-15(19)11-16/h4-11,13-14H,1-3H3,(H,20,21). The maximum absolute atomic E-state index is 13.3. The van der Waals surface area contributed by atoms with Crippen molar-refractivity contribution >= 4 is 15.7 Å². The fraction of sp³-hybridized carbons (Fsp3) is 0.278. The highest BCUT2D eigenvalue weighted by atomic mass is 32.2. The number of benzene rings is 2. The first-order chi connectivity index (χ1) is 11.2. The van der Waals surface area contributed by atoms with Crippen LogP contribution in [0.5, 0.6) is 0 Å². The molecule has 0 bridgehead atoms. The quantitative estimate of drug-likeness (QED) is 0.902. The topological polar surface area (TPSA) is 63.2 Å². The monoisotopic (exact) mass is 349 g/mol. The summed E-state index contributed by atoms with van der Waals surface area (Å²) in [6.45, 7) is 5.02. The van der Waals surface area contributed by atoms with E-state index in [0.29, 0.717) is 0 Å². The lowest BCUT2D eigenvalue weighted by atomic mass is 10.0. The molecule has 0 radical (unpaired) electrons. The Bertz CT molecular complexity index is 849. The zero-order chi connectivity index (χ0) is 17.9. The van der Waals surface area contributed by atoms with Crippen LogP contribution in [0, 0.1) is 12.7 Å². The summed E-state index contributed by atoms with van der Waals surface area (Å²) in [6, 6.07) is 11.9. The van der Waals surface area contributed by atoms with Gasteiger partial charge in [-0.25, -0.2) is 12.8 Å². The lowest BCUT2D eigenvalue weighted by Crippen LogP contribution is -2.39. The smallest absolute Gasteiger partial charge is 0.238 e. The zero-order valence-electron chi connectivity index (χ0n) is 13.8. The number of sulfone groups is 1. The average Bonchev–Trinajstić information content (AvgIpc) is 2.54. The molecule has 0 aliphatic carbocycles. The Morgan fingerprint density at radius 2 is 1.75 bits per heavy atom. The van der Waals surface area contributed by atoms with Gasteiger partial charge in [0.1, 0.15) is 11.1 Å². The van der Waals surface area contributed by atoms with E-state index >= 15 is 0 Å². The number of rotatable bonds is 5. The molecule has 24 heavy (non-hydrogen) atoms. The molecule has 2 atom stereocenters. The van der Waals surface area contributed by atoms with Gasteiger partial charge in [0.15, 0.2) is 9.84 Å². The molecule has 2 unspecified atom stereocenters. The molecular weight excluding hydrogens is 329 g/mol. The van der Waals surface area contributed by atoms with Crippen LogP contribution < -0.4 is 5.32 Å². The number of hydrogen-bond donors (Lipinski definition) is 1. The minimum atomic E-state index is -3.95. The van der Waals surface area contributed by atoms with E-state index in [1.54, 1.807) is 6.92 Å². The Labute approximate surface area is 141 Å². The molecule has 0 saturated heterocycles. The third-order valence-electron chi connectivity index (χ3n) is 3.97. The fourth-order valence-corrected chi connectivity index (χ4v) is 3.77. The van der Waals surface area contributed by atoms with Gasteiger partial charge in [-0.05, 0) is 50.1 Å². The number of amides is 1. The summed E-state index contributed by atoms with van der Waals surface area (Å²) in [6.07, 6.45) is 0. The second kappa shape index (κ2) is 7.13. The van der Waals surface area contributed by atoms with Gasteiger partial charge in [-0.1, -0.05) is 30.3 Å². The van der Waals surface area contributed by atoms with Crippen molar-refractivity contribution in [1.82, 2.24) is 5.32 Å². The lowest BCUT2D eigenvalue weighted by molar-refractivity contribution is -0.121. The van der Waals surface area contributed by atoms with Crippen molar-refractivity contribution in [3.05, 3.63) is 65.5 Å². The van der Waals surface area contributed by atoms with Crippen LogP contribution in [-0.4, -0.2) is 19.6 Å². The molecule has 0 spiro atoms. The average molecular weight is 349 g/mol. The number of carbonyl (C=O) groups is 1. The van der Waals surface area contributed by atoms with E-state index in [9.17, 15) is 17.6 Å². The van der Waals surface area contributed by atoms with Gasteiger partial charge in [-0.2, -0.15) is 0 Å². The number of hydrogen-bond acceptors (Lipinski definition) is 3. The lowest BCUT2D eigenvalue weighted by Gasteiger charge is -2.19. The minimum Gasteiger partial charge on any atom is -0.348 e. The van der Waals surface area contributed by atoms with E-state index in [0.717, 1.165) is 23.3 Å². The SMILES string of the molecule is Cc1ccccc1C(C)NC(=O)C(C)S(=O)(=O)c1cccc(F)c1. The van der Waals surface area contributed by atoms with E-state index in [-0.39, 0.29) is 10.9 Å². The van der Waals surface area contributed by atoms with Gasteiger partial charge in [0.2, 0.25) is 5.91 Å². The molecule has 0 heterocycles. The predicted molar refractivity (Wildman–Crippen MR) is 90.8 cm³/mol. The molecule has 1 N–H and O–H groups in total. The van der Waals surface area contributed by atoms with E-state index in [1.165, 1.54) is 19.1 Å². The number of aryl methyl sites for hydroxylation is 1. The second-order valence-electron chi connectivity index (χ2n) is 5.73. The fourth-order valence-electron chi connectivity index (χ4n) is 2.47. The summed E-state index contributed by atoms with van der Waals surface area (Å²) in [4.78, 5) is 12.2. The van der Waals surface area contributed by atoms with Gasteiger partial charge in [-0.15, -0.1) is 0 Å². The van der Waals surface area contributed by atoms with Crippen LogP contribution in [0.4, 0.5) is 4.39 Å². The molecular formula is C18H20FNO3S. The number of carbonyl (C=O) groups excluding carboxylic acids is 1. The highest BCUT2D eigenvalue weighted by molar-refractivity contribution is 7.92. The van der Waals surface area contributed by atoms with Crippen LogP contribution in [0.3, 0.4) is 0 Å². The third-order valence-corrected chi connectivity index (χ3v) is 6.03. The van der Waals surface area contributed by atoms with Crippen molar-refractivity contribution in [3.8, 4) is 0 Å². The van der Waals surface area contributed by atoms with Crippen molar-refractivity contribution in [1.29, 1.82) is 0 Å². The van der Waals surface area contributed by atoms with Crippen LogP contribution in [0.1, 0.15) is 31.0 Å². The molecule has 0 fully saturated rings. The van der Waals surface area contributed by atoms with Crippen LogP contribution >= 0.6 is 0 Å². The van der Waals surface area contributed by atoms with E-state index in [2.05, 4.69) is 5.32 Å². The highest BCUT2D eigenvalue weighted by Gasteiger charge is 2.31. The molecule has 0 aromatic heterocycles. The Kier molecular flexibility index (Phi) is 5.39. The van der Waals surface area contributed by atoms with Crippen LogP contribution in [-0.2, 0) is 14.6 Å². The minimum absolute atomic E-state index is 0.200. The number of halogens is 1. The third kappa shape index (κ3) is 3.82. The number of nitrogens with one attached hydrogen (secondary N) is 1. The Balaban J connectivity index is 2.19. The zero-order valence-corrected chi connectivity index (χ0v) is 14.6. The Hall–Kier alpha value is -2.21. The van der Waals surface area contributed by atoms with Crippen molar-refractivity contribution in [3.63, 3.8) is 0 Å². The molecule has 2 aromatic rings. The maximum atomic E-state index is 13.3. The van der Waals surface area contributed by atoms with Gasteiger partial charge in [0.25, 0.3) is 0 Å². The first kappa shape index (κ1) is 18.1. The highest BCUT2D eigenvalue weighted by Crippen LogP contribution is 2.20. The molecule has 6 heteroatoms. The Morgan fingerprint density at radius 3 is 2.38 bits per heavy atom. The summed E-state index contributed by atoms with van der Waals surface area (Å²) in [5.74, 6) is -1.27. The first-order valence-corrected chi connectivity index (χ1v) is 9.13. The molecule has 1 amide bonds. The second-order valence-corrected chi connectivity index (χ2v) is 8.00. The van der Waals surface area contributed by atoms with Crippen molar-refractivity contribution < 1.29 is 17.6 Å². The summed E-state index contributed by atoms with van der Waals surface area (Å²) in [5.41, 5.74) is 1.92. The van der Waals surface area contributed by atoms with Crippen LogP contribution in [0.2, 0.25) is 0 Å². The summed E-state index contributed by atoms with van der Waals surface area (Å²) >= 11 is 0. The molecule has 2 rings (SSSR count). The predicted octanol–water partition coefficient (Wildman–Crippen LogP) is 3.17. The van der Waals surface area contributed by atoms with Crippen molar-refractivity contribution in [2.75, 3.05) is 0 Å². The normalized spacial score (nSPS) is 14.0. The van der Waals surface area contributed by atoms with E-state index < -0.39 is 26.8 Å². The Morgan fingerprint density at radius 1 is 1.08 bits per heavy atom. The molecule has 0 saturated carbocycles. The molecule has 0 aliphatic rings. The largest absolute Gasteiger partial charge is 0.348 e. The molecule has 2 aromatic carbocycles. The van der Waals surface area contributed by atoms with Crippen molar-refractivity contribution in [2.45, 2.75) is 37.0 Å².